The van der Waals surface area contributed by atoms with Crippen molar-refractivity contribution in [2.75, 3.05) is 50.7 Å². The van der Waals surface area contributed by atoms with Gasteiger partial charge in [0.25, 0.3) is 0 Å². The lowest BCUT2D eigenvalue weighted by atomic mass is 9.67. The summed E-state index contributed by atoms with van der Waals surface area (Å²) in [5.41, 5.74) is 0.703. The zero-order valence-corrected chi connectivity index (χ0v) is 13.5. The van der Waals surface area contributed by atoms with Gasteiger partial charge in [0.1, 0.15) is 5.82 Å². The summed E-state index contributed by atoms with van der Waals surface area (Å²) < 4.78 is 0. The molecule has 1 aromatic rings. The molecule has 0 bridgehead atoms. The van der Waals surface area contributed by atoms with Crippen LogP contribution in [0.5, 0.6) is 0 Å². The van der Waals surface area contributed by atoms with E-state index in [-0.39, 0.29) is 0 Å². The number of pyridine rings is 1. The maximum atomic E-state index is 4.48. The van der Waals surface area contributed by atoms with Crippen molar-refractivity contribution in [2.45, 2.75) is 25.7 Å². The van der Waals surface area contributed by atoms with Crippen molar-refractivity contribution >= 4 is 5.82 Å². The van der Waals surface area contributed by atoms with E-state index < -0.39 is 0 Å². The maximum absolute atomic E-state index is 4.48. The minimum absolute atomic E-state index is 0.703. The molecule has 3 aliphatic rings. The molecule has 0 aromatic carbocycles. The summed E-state index contributed by atoms with van der Waals surface area (Å²) in [5, 5.41) is 3.47. The molecule has 2 aliphatic heterocycles. The van der Waals surface area contributed by atoms with E-state index in [9.17, 15) is 0 Å². The number of nitrogens with one attached hydrogen (secondary N) is 1. The summed E-state index contributed by atoms with van der Waals surface area (Å²) in [5.74, 6) is 2.08. The van der Waals surface area contributed by atoms with Gasteiger partial charge in [-0.3, -0.25) is 4.90 Å². The van der Waals surface area contributed by atoms with Crippen LogP contribution in [0.3, 0.4) is 0 Å². The summed E-state index contributed by atoms with van der Waals surface area (Å²) in [6.45, 7) is 8.51. The minimum Gasteiger partial charge on any atom is -0.354 e. The molecule has 1 saturated carbocycles. The summed E-state index contributed by atoms with van der Waals surface area (Å²) in [6.07, 6.45) is 7.70. The Labute approximate surface area is 133 Å². The van der Waals surface area contributed by atoms with Gasteiger partial charge in [-0.15, -0.1) is 0 Å². The first-order chi connectivity index (χ1) is 10.8. The predicted molar refractivity (Wildman–Crippen MR) is 90.2 cm³/mol. The van der Waals surface area contributed by atoms with Crippen molar-refractivity contribution in [1.29, 1.82) is 0 Å². The quantitative estimate of drug-likeness (QED) is 0.925. The normalized spacial score (nSPS) is 26.1. The Morgan fingerprint density at radius 2 is 1.86 bits per heavy atom. The standard InChI is InChI=1S/C18H28N4/c1-2-8-20-17(3-1)22-11-9-21(10-12-22)13-16-4-6-18(7-5-16)14-19-15-18/h1-3,8,16,19H,4-7,9-15H2. The van der Waals surface area contributed by atoms with E-state index in [1.165, 1.54) is 58.4 Å². The van der Waals surface area contributed by atoms with E-state index in [1.807, 2.05) is 12.3 Å². The molecule has 120 valence electrons. The van der Waals surface area contributed by atoms with Gasteiger partial charge in [-0.25, -0.2) is 4.98 Å². The minimum atomic E-state index is 0.703. The molecule has 3 heterocycles. The Kier molecular flexibility index (Phi) is 4.05. The summed E-state index contributed by atoms with van der Waals surface area (Å²) in [7, 11) is 0. The van der Waals surface area contributed by atoms with Crippen LogP contribution in [0.25, 0.3) is 0 Å². The fraction of sp³-hybridized carbons (Fsp3) is 0.722. The summed E-state index contributed by atoms with van der Waals surface area (Å²) in [6, 6.07) is 6.21. The number of hydrogen-bond acceptors (Lipinski definition) is 4. The predicted octanol–water partition coefficient (Wildman–Crippen LogP) is 1.98. The first-order valence-corrected chi connectivity index (χ1v) is 8.92. The zero-order chi connectivity index (χ0) is 14.8. The highest BCUT2D eigenvalue weighted by Crippen LogP contribution is 2.41. The molecule has 4 heteroatoms. The molecule has 4 rings (SSSR count). The van der Waals surface area contributed by atoms with Gasteiger partial charge in [-0.2, -0.15) is 0 Å². The van der Waals surface area contributed by atoms with Gasteiger partial charge >= 0.3 is 0 Å². The van der Waals surface area contributed by atoms with Crippen LogP contribution in [-0.4, -0.2) is 55.7 Å². The maximum Gasteiger partial charge on any atom is 0.128 e. The Bertz CT molecular complexity index is 467. The Morgan fingerprint density at radius 1 is 1.09 bits per heavy atom. The second-order valence-corrected chi connectivity index (χ2v) is 7.52. The number of rotatable bonds is 3. The average molecular weight is 300 g/mol. The van der Waals surface area contributed by atoms with Crippen molar-refractivity contribution in [3.63, 3.8) is 0 Å². The Hall–Kier alpha value is -1.13. The van der Waals surface area contributed by atoms with Crippen molar-refractivity contribution in [2.24, 2.45) is 11.3 Å². The lowest BCUT2D eigenvalue weighted by molar-refractivity contribution is 0.0674. The third kappa shape index (κ3) is 2.99. The number of anilines is 1. The number of piperazine rings is 1. The van der Waals surface area contributed by atoms with Crippen molar-refractivity contribution in [3.8, 4) is 0 Å². The Balaban J connectivity index is 1.23. The van der Waals surface area contributed by atoms with Gasteiger partial charge in [-0.05, 0) is 49.1 Å². The fourth-order valence-electron chi connectivity index (χ4n) is 4.37. The smallest absolute Gasteiger partial charge is 0.128 e. The molecule has 0 amide bonds. The zero-order valence-electron chi connectivity index (χ0n) is 13.5. The monoisotopic (exact) mass is 300 g/mol. The van der Waals surface area contributed by atoms with Crippen LogP contribution < -0.4 is 10.2 Å². The van der Waals surface area contributed by atoms with E-state index in [2.05, 4.69) is 32.2 Å². The molecule has 1 spiro atoms. The lowest BCUT2D eigenvalue weighted by Gasteiger charge is -2.48. The molecule has 22 heavy (non-hydrogen) atoms. The van der Waals surface area contributed by atoms with E-state index in [1.54, 1.807) is 0 Å². The molecule has 4 nitrogen and oxygen atoms in total. The van der Waals surface area contributed by atoms with Gasteiger partial charge < -0.3 is 10.2 Å². The number of hydrogen-bond donors (Lipinski definition) is 1. The van der Waals surface area contributed by atoms with Crippen LogP contribution in [0, 0.1) is 11.3 Å². The molecular weight excluding hydrogens is 272 g/mol. The average Bonchev–Trinajstić information content (AvgIpc) is 2.56. The summed E-state index contributed by atoms with van der Waals surface area (Å²) >= 11 is 0. The first kappa shape index (κ1) is 14.5. The highest BCUT2D eigenvalue weighted by Gasteiger charge is 2.40. The molecule has 3 fully saturated rings. The third-order valence-corrected chi connectivity index (χ3v) is 6.03. The van der Waals surface area contributed by atoms with Crippen LogP contribution in [0.2, 0.25) is 0 Å². The van der Waals surface area contributed by atoms with E-state index in [0.29, 0.717) is 5.41 Å². The van der Waals surface area contributed by atoms with Crippen LogP contribution in [0.4, 0.5) is 5.82 Å². The van der Waals surface area contributed by atoms with Gasteiger partial charge in [-0.1, -0.05) is 6.07 Å². The van der Waals surface area contributed by atoms with E-state index >= 15 is 0 Å². The fourth-order valence-corrected chi connectivity index (χ4v) is 4.37. The lowest BCUT2D eigenvalue weighted by Crippen LogP contribution is -2.55. The SMILES string of the molecule is c1ccc(N2CCN(CC3CCC4(CC3)CNC4)CC2)nc1. The van der Waals surface area contributed by atoms with Gasteiger partial charge in [0, 0.05) is 52.0 Å². The molecule has 0 atom stereocenters. The molecule has 1 aliphatic carbocycles. The van der Waals surface area contributed by atoms with Crippen LogP contribution in [-0.2, 0) is 0 Å². The van der Waals surface area contributed by atoms with E-state index in [4.69, 9.17) is 0 Å². The van der Waals surface area contributed by atoms with E-state index in [0.717, 1.165) is 24.8 Å². The third-order valence-electron chi connectivity index (χ3n) is 6.03. The second-order valence-electron chi connectivity index (χ2n) is 7.52. The van der Waals surface area contributed by atoms with Crippen molar-refractivity contribution in [1.82, 2.24) is 15.2 Å². The van der Waals surface area contributed by atoms with Gasteiger partial charge in [0.05, 0.1) is 0 Å². The molecule has 1 N–H and O–H groups in total. The van der Waals surface area contributed by atoms with Gasteiger partial charge in [0.15, 0.2) is 0 Å². The topological polar surface area (TPSA) is 31.4 Å². The molecule has 0 radical (unpaired) electrons. The highest BCUT2D eigenvalue weighted by atomic mass is 15.3. The van der Waals surface area contributed by atoms with Crippen LogP contribution in [0.1, 0.15) is 25.7 Å². The van der Waals surface area contributed by atoms with Crippen molar-refractivity contribution in [3.05, 3.63) is 24.4 Å². The number of nitrogens with zero attached hydrogens (tertiary/aromatic N) is 3. The number of aromatic nitrogens is 1. The first-order valence-electron chi connectivity index (χ1n) is 8.92. The molecule has 1 aromatic heterocycles. The second kappa shape index (κ2) is 6.17. The molecule has 2 saturated heterocycles. The van der Waals surface area contributed by atoms with Gasteiger partial charge in [0.2, 0.25) is 0 Å². The van der Waals surface area contributed by atoms with Crippen LogP contribution >= 0.6 is 0 Å². The molecular formula is C18H28N4. The largest absolute Gasteiger partial charge is 0.354 e. The summed E-state index contributed by atoms with van der Waals surface area (Å²) in [4.78, 5) is 9.58. The highest BCUT2D eigenvalue weighted by molar-refractivity contribution is 5.38. The molecule has 0 unspecified atom stereocenters. The van der Waals surface area contributed by atoms with Crippen LogP contribution in [0.15, 0.2) is 24.4 Å². The van der Waals surface area contributed by atoms with Crippen molar-refractivity contribution < 1.29 is 0 Å². The Morgan fingerprint density at radius 3 is 2.45 bits per heavy atom.